The van der Waals surface area contributed by atoms with Crippen LogP contribution >= 0.6 is 11.6 Å². The number of nitrogens with zero attached hydrogens (tertiary/aromatic N) is 2. The molecule has 45 heavy (non-hydrogen) atoms. The topological polar surface area (TPSA) is 105 Å². The van der Waals surface area contributed by atoms with Gasteiger partial charge in [-0.05, 0) is 106 Å². The smallest absolute Gasteiger partial charge is 0.317 e. The number of hydrogen-bond donors (Lipinski definition) is 3. The van der Waals surface area contributed by atoms with E-state index in [1.807, 2.05) is 56.3 Å². The minimum Gasteiger partial charge on any atom is -0.317 e. The van der Waals surface area contributed by atoms with Gasteiger partial charge < -0.3 is 10.6 Å². The van der Waals surface area contributed by atoms with Gasteiger partial charge in [0.25, 0.3) is 0 Å². The van der Waals surface area contributed by atoms with Crippen LogP contribution in [0, 0.1) is 26.7 Å². The molecular formula is C35H42ClN5O3S. The maximum Gasteiger partial charge on any atom is 0.324 e. The summed E-state index contributed by atoms with van der Waals surface area (Å²) in [6, 6.07) is 20.0. The summed E-state index contributed by atoms with van der Waals surface area (Å²) in [5.41, 5.74) is 5.22. The van der Waals surface area contributed by atoms with Crippen LogP contribution in [0.4, 0.5) is 16.3 Å². The predicted octanol–water partition coefficient (Wildman–Crippen LogP) is 7.91. The first kappa shape index (κ1) is 32.7. The molecule has 1 aliphatic rings. The lowest BCUT2D eigenvalue weighted by atomic mass is 9.90. The molecule has 4 aromatic rings. The number of halogens is 1. The number of carbonyl (C=O) groups excluding carboxylic acids is 1. The van der Waals surface area contributed by atoms with E-state index in [2.05, 4.69) is 36.7 Å². The van der Waals surface area contributed by atoms with Gasteiger partial charge in [-0.1, -0.05) is 62.2 Å². The van der Waals surface area contributed by atoms with Gasteiger partial charge in [-0.3, -0.25) is 5.32 Å². The molecule has 0 aliphatic carbocycles. The van der Waals surface area contributed by atoms with Crippen molar-refractivity contribution in [2.45, 2.75) is 69.9 Å². The van der Waals surface area contributed by atoms with Gasteiger partial charge >= 0.3 is 6.03 Å². The zero-order valence-electron chi connectivity index (χ0n) is 26.7. The van der Waals surface area contributed by atoms with Crippen molar-refractivity contribution in [1.29, 1.82) is 0 Å². The molecule has 10 heteroatoms. The number of carbonyl (C=O) groups is 1. The summed E-state index contributed by atoms with van der Waals surface area (Å²) >= 11 is 6.31. The Morgan fingerprint density at radius 2 is 1.58 bits per heavy atom. The normalized spacial score (nSPS) is 15.1. The van der Waals surface area contributed by atoms with Gasteiger partial charge in [-0.15, -0.1) is 0 Å². The third kappa shape index (κ3) is 7.27. The highest BCUT2D eigenvalue weighted by molar-refractivity contribution is 7.91. The maximum atomic E-state index is 14.3. The van der Waals surface area contributed by atoms with E-state index >= 15 is 0 Å². The molecule has 1 atom stereocenters. The Kier molecular flexibility index (Phi) is 9.44. The molecular weight excluding hydrogens is 606 g/mol. The van der Waals surface area contributed by atoms with E-state index < -0.39 is 21.1 Å². The first-order valence-corrected chi connectivity index (χ1v) is 17.2. The van der Waals surface area contributed by atoms with Crippen molar-refractivity contribution in [3.63, 3.8) is 0 Å². The molecule has 3 aromatic carbocycles. The quantitative estimate of drug-likeness (QED) is 0.189. The summed E-state index contributed by atoms with van der Waals surface area (Å²) in [6.07, 6.45) is 1.51. The van der Waals surface area contributed by atoms with Crippen molar-refractivity contribution < 1.29 is 13.2 Å². The molecule has 0 radical (unpaired) electrons. The number of anilines is 2. The van der Waals surface area contributed by atoms with Gasteiger partial charge in [0.1, 0.15) is 5.82 Å². The SMILES string of the molecule is Cc1ccc(-n2nc(C(C)(C)C)cc2NC(=O)Nc2ccc(C(C3CCNCC3)S(=O)(=O)c3cc(C)c(Cl)cc3C)cc2)cc1. The molecule has 3 N–H and O–H groups in total. The van der Waals surface area contributed by atoms with Gasteiger partial charge in [0.05, 0.1) is 21.5 Å². The Morgan fingerprint density at radius 3 is 2.20 bits per heavy atom. The fraction of sp³-hybridized carbons (Fsp3) is 0.371. The molecule has 0 saturated carbocycles. The van der Waals surface area contributed by atoms with Crippen molar-refractivity contribution in [2.24, 2.45) is 5.92 Å². The van der Waals surface area contributed by atoms with E-state index in [0.717, 1.165) is 48.4 Å². The lowest BCUT2D eigenvalue weighted by molar-refractivity contribution is 0.262. The van der Waals surface area contributed by atoms with E-state index in [1.54, 1.807) is 35.9 Å². The van der Waals surface area contributed by atoms with Crippen LogP contribution in [-0.2, 0) is 15.3 Å². The first-order chi connectivity index (χ1) is 21.2. The van der Waals surface area contributed by atoms with Crippen LogP contribution in [0.3, 0.4) is 0 Å². The molecule has 1 saturated heterocycles. The molecule has 238 valence electrons. The molecule has 0 bridgehead atoms. The van der Waals surface area contributed by atoms with Crippen LogP contribution in [0.1, 0.15) is 66.8 Å². The van der Waals surface area contributed by atoms with Gasteiger partial charge in [0.15, 0.2) is 9.84 Å². The Bertz CT molecular complexity index is 1790. The molecule has 5 rings (SSSR count). The highest BCUT2D eigenvalue weighted by Crippen LogP contribution is 2.41. The number of aryl methyl sites for hydroxylation is 3. The molecule has 0 spiro atoms. The number of rotatable bonds is 7. The summed E-state index contributed by atoms with van der Waals surface area (Å²) in [4.78, 5) is 13.5. The van der Waals surface area contributed by atoms with Crippen molar-refractivity contribution in [2.75, 3.05) is 23.7 Å². The Labute approximate surface area is 271 Å². The maximum absolute atomic E-state index is 14.3. The van der Waals surface area contributed by atoms with E-state index in [4.69, 9.17) is 16.7 Å². The summed E-state index contributed by atoms with van der Waals surface area (Å²) in [5.74, 6) is 0.497. The van der Waals surface area contributed by atoms with Crippen LogP contribution < -0.4 is 16.0 Å². The lowest BCUT2D eigenvalue weighted by Gasteiger charge is -2.31. The molecule has 1 aromatic heterocycles. The molecule has 1 aliphatic heterocycles. The number of amides is 2. The van der Waals surface area contributed by atoms with Crippen molar-refractivity contribution in [3.8, 4) is 5.69 Å². The molecule has 2 amide bonds. The third-order valence-corrected chi connectivity index (χ3v) is 11.2. The fourth-order valence-corrected chi connectivity index (χ4v) is 8.44. The average molecular weight is 648 g/mol. The van der Waals surface area contributed by atoms with Crippen LogP contribution in [0.15, 0.2) is 71.6 Å². The monoisotopic (exact) mass is 647 g/mol. The standard InChI is InChI=1S/C35H42ClN5O3S/c1-22-7-13-28(14-8-22)41-32(21-31(40-41)35(4,5)6)39-34(42)38-27-11-9-25(10-12-27)33(26-15-17-37-18-16-26)45(43,44)30-20-23(2)29(36)19-24(30)3/h7-14,19-21,26,33,37H,15-18H2,1-6H3,(H2,38,39,42). The summed E-state index contributed by atoms with van der Waals surface area (Å²) in [7, 11) is -3.74. The van der Waals surface area contributed by atoms with Crippen LogP contribution in [0.25, 0.3) is 5.69 Å². The second kappa shape index (κ2) is 13.0. The van der Waals surface area contributed by atoms with Gasteiger partial charge in [0, 0.05) is 22.2 Å². The third-order valence-electron chi connectivity index (χ3n) is 8.40. The van der Waals surface area contributed by atoms with E-state index in [9.17, 15) is 13.2 Å². The number of aromatic nitrogens is 2. The molecule has 2 heterocycles. The van der Waals surface area contributed by atoms with Crippen molar-refractivity contribution >= 4 is 39.0 Å². The van der Waals surface area contributed by atoms with E-state index in [-0.39, 0.29) is 11.3 Å². The fourth-order valence-electron chi connectivity index (χ4n) is 5.80. The second-order valence-electron chi connectivity index (χ2n) is 13.0. The highest BCUT2D eigenvalue weighted by Gasteiger charge is 2.37. The predicted molar refractivity (Wildman–Crippen MR) is 183 cm³/mol. The van der Waals surface area contributed by atoms with Crippen LogP contribution in [0.2, 0.25) is 5.02 Å². The highest BCUT2D eigenvalue weighted by atomic mass is 35.5. The zero-order valence-corrected chi connectivity index (χ0v) is 28.3. The van der Waals surface area contributed by atoms with E-state index in [0.29, 0.717) is 32.6 Å². The zero-order chi connectivity index (χ0) is 32.5. The number of urea groups is 1. The average Bonchev–Trinajstić information content (AvgIpc) is 3.41. The van der Waals surface area contributed by atoms with Gasteiger partial charge in [-0.2, -0.15) is 5.10 Å². The number of benzene rings is 3. The second-order valence-corrected chi connectivity index (χ2v) is 15.5. The van der Waals surface area contributed by atoms with E-state index in [1.165, 1.54) is 0 Å². The van der Waals surface area contributed by atoms with Gasteiger partial charge in [-0.25, -0.2) is 17.9 Å². The number of nitrogens with one attached hydrogen (secondary N) is 3. The largest absolute Gasteiger partial charge is 0.324 e. The molecule has 1 fully saturated rings. The summed E-state index contributed by atoms with van der Waals surface area (Å²) in [6.45, 7) is 13.4. The Hall–Kier alpha value is -3.66. The van der Waals surface area contributed by atoms with Crippen molar-refractivity contribution in [3.05, 3.63) is 99.7 Å². The number of hydrogen-bond acceptors (Lipinski definition) is 5. The van der Waals surface area contributed by atoms with Crippen molar-refractivity contribution in [1.82, 2.24) is 15.1 Å². The van der Waals surface area contributed by atoms with Crippen LogP contribution in [0.5, 0.6) is 0 Å². The number of sulfone groups is 1. The Balaban J connectivity index is 1.40. The number of piperidine rings is 1. The minimum absolute atomic E-state index is 0.0483. The minimum atomic E-state index is -3.74. The molecule has 1 unspecified atom stereocenters. The first-order valence-electron chi connectivity index (χ1n) is 15.3. The summed E-state index contributed by atoms with van der Waals surface area (Å²) < 4.78 is 30.3. The molecule has 8 nitrogen and oxygen atoms in total. The lowest BCUT2D eigenvalue weighted by Crippen LogP contribution is -2.34. The summed E-state index contributed by atoms with van der Waals surface area (Å²) in [5, 5.41) is 13.8. The van der Waals surface area contributed by atoms with Crippen LogP contribution in [-0.4, -0.2) is 37.3 Å². The Morgan fingerprint density at radius 1 is 0.933 bits per heavy atom. The van der Waals surface area contributed by atoms with Gasteiger partial charge in [0.2, 0.25) is 0 Å².